The first-order valence-electron chi connectivity index (χ1n) is 13.5. The minimum atomic E-state index is -0.235. The van der Waals surface area contributed by atoms with Crippen LogP contribution in [-0.4, -0.2) is 46.0 Å². The van der Waals surface area contributed by atoms with Crippen molar-refractivity contribution in [2.24, 2.45) is 11.8 Å². The number of aromatic nitrogens is 2. The van der Waals surface area contributed by atoms with E-state index in [9.17, 15) is 14.9 Å². The zero-order valence-electron chi connectivity index (χ0n) is 22.0. The first kappa shape index (κ1) is 26.4. The molecule has 7 nitrogen and oxygen atoms in total. The maximum atomic E-state index is 13.8. The van der Waals surface area contributed by atoms with E-state index in [2.05, 4.69) is 22.4 Å². The van der Waals surface area contributed by atoms with E-state index in [1.54, 1.807) is 12.1 Å². The first-order valence-corrected chi connectivity index (χ1v) is 13.9. The molecular weight excluding hydrogens is 498 g/mol. The Hall–Kier alpha value is -3.21. The molecule has 1 aliphatic carbocycles. The highest BCUT2D eigenvalue weighted by molar-refractivity contribution is 6.30. The van der Waals surface area contributed by atoms with Gasteiger partial charge in [0, 0.05) is 29.7 Å². The van der Waals surface area contributed by atoms with Crippen LogP contribution in [0.4, 0.5) is 0 Å². The van der Waals surface area contributed by atoms with Crippen molar-refractivity contribution in [3.63, 3.8) is 0 Å². The Balaban J connectivity index is 1.40. The van der Waals surface area contributed by atoms with E-state index in [4.69, 9.17) is 16.6 Å². The number of likely N-dealkylation sites (tertiary alicyclic amines) is 1. The minimum Gasteiger partial charge on any atom is -0.352 e. The lowest BCUT2D eigenvalue weighted by atomic mass is 9.71. The van der Waals surface area contributed by atoms with Crippen molar-refractivity contribution in [1.82, 2.24) is 19.8 Å². The van der Waals surface area contributed by atoms with Gasteiger partial charge in [0.2, 0.25) is 5.91 Å². The molecule has 1 unspecified atom stereocenters. The molecule has 2 aromatic carbocycles. The van der Waals surface area contributed by atoms with E-state index >= 15 is 0 Å². The highest BCUT2D eigenvalue weighted by Crippen LogP contribution is 2.42. The second kappa shape index (κ2) is 11.3. The van der Waals surface area contributed by atoms with Crippen LogP contribution in [0.1, 0.15) is 51.0 Å². The van der Waals surface area contributed by atoms with E-state index in [-0.39, 0.29) is 30.0 Å². The standard InChI is InChI=1S/C30H34ClN5O2/c1-19(2)33-28(37)18-36-29(23-6-3-7-25(31)13-23)34-27-9-8-22(14-26(27)30(36)38)24-11-21(12-24)17-35-10-4-5-20(15-32)16-35/h3,6-9,13-14,19-21,24H,4-5,10-12,16-18H2,1-2H3,(H,33,37). The number of carbonyl (C=O) groups excluding carboxylic acids is 1. The summed E-state index contributed by atoms with van der Waals surface area (Å²) >= 11 is 6.23. The van der Waals surface area contributed by atoms with Gasteiger partial charge in [-0.25, -0.2) is 4.98 Å². The summed E-state index contributed by atoms with van der Waals surface area (Å²) in [4.78, 5) is 33.7. The Labute approximate surface area is 228 Å². The maximum absolute atomic E-state index is 13.8. The average Bonchev–Trinajstić information content (AvgIpc) is 2.87. The molecule has 198 valence electrons. The number of piperidine rings is 1. The Morgan fingerprint density at radius 2 is 2.05 bits per heavy atom. The van der Waals surface area contributed by atoms with Crippen molar-refractivity contribution in [3.8, 4) is 17.5 Å². The number of benzene rings is 2. The summed E-state index contributed by atoms with van der Waals surface area (Å²) in [7, 11) is 0. The molecule has 1 N–H and O–H groups in total. The SMILES string of the molecule is CC(C)NC(=O)Cn1c(-c2cccc(Cl)c2)nc2ccc(C3CC(CN4CCCC(C#N)C4)C3)cc2c1=O. The molecule has 3 aromatic rings. The van der Waals surface area contributed by atoms with Gasteiger partial charge in [-0.2, -0.15) is 5.26 Å². The largest absolute Gasteiger partial charge is 0.352 e. The molecule has 2 fully saturated rings. The summed E-state index contributed by atoms with van der Waals surface area (Å²) < 4.78 is 1.46. The molecule has 8 heteroatoms. The zero-order valence-corrected chi connectivity index (χ0v) is 22.7. The predicted octanol–water partition coefficient (Wildman–Crippen LogP) is 4.97. The monoisotopic (exact) mass is 531 g/mol. The van der Waals surface area contributed by atoms with E-state index in [0.29, 0.717) is 39.1 Å². The molecule has 0 bridgehead atoms. The van der Waals surface area contributed by atoms with Crippen LogP contribution in [0.5, 0.6) is 0 Å². The number of carbonyl (C=O) groups is 1. The van der Waals surface area contributed by atoms with Gasteiger partial charge in [-0.3, -0.25) is 14.2 Å². The molecule has 2 heterocycles. The fraction of sp³-hybridized carbons (Fsp3) is 0.467. The second-order valence-electron chi connectivity index (χ2n) is 11.1. The van der Waals surface area contributed by atoms with Gasteiger partial charge in [-0.1, -0.05) is 29.8 Å². The number of hydrogen-bond acceptors (Lipinski definition) is 5. The van der Waals surface area contributed by atoms with Gasteiger partial charge in [0.1, 0.15) is 12.4 Å². The van der Waals surface area contributed by atoms with Gasteiger partial charge in [0.25, 0.3) is 5.56 Å². The van der Waals surface area contributed by atoms with Crippen LogP contribution in [0.3, 0.4) is 0 Å². The predicted molar refractivity (Wildman–Crippen MR) is 150 cm³/mol. The fourth-order valence-corrected chi connectivity index (χ4v) is 6.04. The third-order valence-electron chi connectivity index (χ3n) is 7.72. The molecule has 1 aliphatic heterocycles. The van der Waals surface area contributed by atoms with E-state index in [1.165, 1.54) is 4.57 Å². The normalized spacial score (nSPS) is 21.7. The maximum Gasteiger partial charge on any atom is 0.262 e. The van der Waals surface area contributed by atoms with Crippen LogP contribution in [0, 0.1) is 23.2 Å². The Bertz CT molecular complexity index is 1440. The number of halogens is 1. The Morgan fingerprint density at radius 1 is 1.24 bits per heavy atom. The van der Waals surface area contributed by atoms with Crippen LogP contribution >= 0.6 is 11.6 Å². The van der Waals surface area contributed by atoms with Gasteiger partial charge in [-0.15, -0.1) is 0 Å². The minimum absolute atomic E-state index is 0.0323. The van der Waals surface area contributed by atoms with Gasteiger partial charge >= 0.3 is 0 Å². The molecule has 1 atom stereocenters. The lowest BCUT2D eigenvalue weighted by Crippen LogP contribution is -2.41. The molecular formula is C30H34ClN5O2. The lowest BCUT2D eigenvalue weighted by Gasteiger charge is -2.40. The van der Waals surface area contributed by atoms with Gasteiger partial charge in [0.05, 0.1) is 22.9 Å². The quantitative estimate of drug-likeness (QED) is 0.465. The smallest absolute Gasteiger partial charge is 0.262 e. The van der Waals surface area contributed by atoms with Crippen LogP contribution in [-0.2, 0) is 11.3 Å². The molecule has 1 amide bonds. The number of hydrogen-bond donors (Lipinski definition) is 1. The number of rotatable bonds is 7. The summed E-state index contributed by atoms with van der Waals surface area (Å²) in [5.41, 5.74) is 2.23. The second-order valence-corrected chi connectivity index (χ2v) is 11.5. The van der Waals surface area contributed by atoms with Gasteiger partial charge in [-0.05, 0) is 87.7 Å². The Morgan fingerprint density at radius 3 is 2.79 bits per heavy atom. The topological polar surface area (TPSA) is 91.0 Å². The summed E-state index contributed by atoms with van der Waals surface area (Å²) in [5, 5.41) is 13.2. The van der Waals surface area contributed by atoms with Crippen molar-refractivity contribution in [3.05, 3.63) is 63.4 Å². The number of amides is 1. The van der Waals surface area contributed by atoms with Crippen LogP contribution in [0.15, 0.2) is 47.3 Å². The summed E-state index contributed by atoms with van der Waals surface area (Å²) in [5.74, 6) is 1.38. The third kappa shape index (κ3) is 5.77. The molecule has 38 heavy (non-hydrogen) atoms. The number of nitriles is 1. The first-order chi connectivity index (χ1) is 18.3. The molecule has 0 radical (unpaired) electrons. The van der Waals surface area contributed by atoms with Crippen molar-refractivity contribution in [2.75, 3.05) is 19.6 Å². The molecule has 2 aliphatic rings. The van der Waals surface area contributed by atoms with Crippen molar-refractivity contribution in [1.29, 1.82) is 5.26 Å². The zero-order chi connectivity index (χ0) is 26.8. The summed E-state index contributed by atoms with van der Waals surface area (Å²) in [6.45, 7) is 6.69. The Kier molecular flexibility index (Phi) is 7.83. The van der Waals surface area contributed by atoms with Crippen molar-refractivity contribution >= 4 is 28.4 Å². The van der Waals surface area contributed by atoms with Gasteiger partial charge < -0.3 is 10.2 Å². The lowest BCUT2D eigenvalue weighted by molar-refractivity contribution is -0.122. The van der Waals surface area contributed by atoms with Crippen LogP contribution in [0.2, 0.25) is 5.02 Å². The van der Waals surface area contributed by atoms with Gasteiger partial charge in [0.15, 0.2) is 0 Å². The van der Waals surface area contributed by atoms with E-state index in [1.807, 2.05) is 38.1 Å². The molecule has 1 saturated heterocycles. The highest BCUT2D eigenvalue weighted by atomic mass is 35.5. The van der Waals surface area contributed by atoms with E-state index in [0.717, 1.165) is 50.9 Å². The van der Waals surface area contributed by atoms with E-state index < -0.39 is 0 Å². The molecule has 0 spiro atoms. The fourth-order valence-electron chi connectivity index (χ4n) is 5.85. The molecule has 5 rings (SSSR count). The number of fused-ring (bicyclic) bond motifs is 1. The third-order valence-corrected chi connectivity index (χ3v) is 7.96. The average molecular weight is 532 g/mol. The van der Waals surface area contributed by atoms with Crippen molar-refractivity contribution < 1.29 is 4.79 Å². The number of nitrogens with one attached hydrogen (secondary N) is 1. The van der Waals surface area contributed by atoms with Crippen LogP contribution < -0.4 is 10.9 Å². The number of nitrogens with zero attached hydrogens (tertiary/aromatic N) is 4. The van der Waals surface area contributed by atoms with Crippen LogP contribution in [0.25, 0.3) is 22.3 Å². The van der Waals surface area contributed by atoms with Crippen molar-refractivity contribution in [2.45, 2.75) is 58.0 Å². The summed E-state index contributed by atoms with van der Waals surface area (Å²) in [6.07, 6.45) is 4.28. The molecule has 1 aromatic heterocycles. The highest BCUT2D eigenvalue weighted by Gasteiger charge is 2.33. The molecule has 1 saturated carbocycles. The summed E-state index contributed by atoms with van der Waals surface area (Å²) in [6, 6.07) is 15.6.